The molecular formula is C9H14BrN3O2. The third-order valence-corrected chi connectivity index (χ3v) is 2.09. The van der Waals surface area contributed by atoms with Crippen molar-refractivity contribution in [3.05, 3.63) is 16.5 Å². The molecule has 6 heteroatoms. The number of halogens is 1. The van der Waals surface area contributed by atoms with Crippen LogP contribution in [0.3, 0.4) is 0 Å². The van der Waals surface area contributed by atoms with E-state index in [1.807, 2.05) is 6.92 Å². The van der Waals surface area contributed by atoms with Crippen molar-refractivity contribution in [2.75, 3.05) is 25.6 Å². The van der Waals surface area contributed by atoms with Crippen LogP contribution in [0.15, 0.2) is 10.7 Å². The van der Waals surface area contributed by atoms with Gasteiger partial charge >= 0.3 is 0 Å². The maximum Gasteiger partial charge on any atom is 0.130 e. The van der Waals surface area contributed by atoms with Gasteiger partial charge in [0.2, 0.25) is 0 Å². The van der Waals surface area contributed by atoms with E-state index in [4.69, 9.17) is 4.74 Å². The molecule has 1 atom stereocenters. The van der Waals surface area contributed by atoms with E-state index in [1.54, 1.807) is 13.2 Å². The van der Waals surface area contributed by atoms with Gasteiger partial charge in [-0.3, -0.25) is 0 Å². The Hall–Kier alpha value is -0.720. The Kier molecular flexibility index (Phi) is 4.93. The second-order valence-electron chi connectivity index (χ2n) is 3.11. The van der Waals surface area contributed by atoms with Crippen molar-refractivity contribution in [1.82, 2.24) is 9.97 Å². The number of anilines is 1. The van der Waals surface area contributed by atoms with Gasteiger partial charge in [0.05, 0.1) is 12.7 Å². The highest BCUT2D eigenvalue weighted by Crippen LogP contribution is 2.11. The summed E-state index contributed by atoms with van der Waals surface area (Å²) in [5.41, 5.74) is 0. The maximum atomic E-state index is 9.41. The van der Waals surface area contributed by atoms with Crippen LogP contribution < -0.4 is 5.32 Å². The molecule has 0 aliphatic rings. The Labute approximate surface area is 97.0 Å². The number of aromatic nitrogens is 2. The van der Waals surface area contributed by atoms with Crippen LogP contribution in [0.1, 0.15) is 5.82 Å². The molecule has 0 amide bonds. The summed E-state index contributed by atoms with van der Waals surface area (Å²) in [5.74, 6) is 1.36. The number of nitrogens with one attached hydrogen (secondary N) is 1. The molecule has 1 aromatic rings. The molecule has 1 heterocycles. The van der Waals surface area contributed by atoms with Gasteiger partial charge in [-0.1, -0.05) is 0 Å². The summed E-state index contributed by atoms with van der Waals surface area (Å²) in [6.45, 7) is 2.51. The van der Waals surface area contributed by atoms with E-state index in [2.05, 4.69) is 31.2 Å². The van der Waals surface area contributed by atoms with E-state index in [0.717, 1.165) is 4.60 Å². The maximum absolute atomic E-state index is 9.41. The molecule has 0 fully saturated rings. The summed E-state index contributed by atoms with van der Waals surface area (Å²) >= 11 is 3.27. The van der Waals surface area contributed by atoms with E-state index < -0.39 is 6.10 Å². The summed E-state index contributed by atoms with van der Waals surface area (Å²) in [5, 5.41) is 12.4. The Morgan fingerprint density at radius 3 is 2.93 bits per heavy atom. The van der Waals surface area contributed by atoms with Gasteiger partial charge in [-0.25, -0.2) is 9.97 Å². The van der Waals surface area contributed by atoms with Gasteiger partial charge < -0.3 is 15.2 Å². The first kappa shape index (κ1) is 12.4. The van der Waals surface area contributed by atoms with Crippen LogP contribution in [-0.4, -0.2) is 41.4 Å². The van der Waals surface area contributed by atoms with E-state index in [-0.39, 0.29) is 0 Å². The number of hydrogen-bond donors (Lipinski definition) is 2. The number of rotatable bonds is 5. The molecule has 2 N–H and O–H groups in total. The standard InChI is InChI=1S/C9H14BrN3O2/c1-6-12-8(10)3-9(13-6)11-4-7(14)5-15-2/h3,7,14H,4-5H2,1-2H3,(H,11,12,13). The second kappa shape index (κ2) is 5.99. The lowest BCUT2D eigenvalue weighted by atomic mass is 10.4. The largest absolute Gasteiger partial charge is 0.389 e. The Bertz CT molecular complexity index is 302. The summed E-state index contributed by atoms with van der Waals surface area (Å²) in [6, 6.07) is 1.76. The van der Waals surface area contributed by atoms with Crippen LogP contribution in [0, 0.1) is 6.92 Å². The van der Waals surface area contributed by atoms with Gasteiger partial charge in [0.1, 0.15) is 16.2 Å². The first-order chi connectivity index (χ1) is 7.11. The van der Waals surface area contributed by atoms with Crippen LogP contribution in [0.5, 0.6) is 0 Å². The zero-order chi connectivity index (χ0) is 11.3. The van der Waals surface area contributed by atoms with Crippen LogP contribution in [-0.2, 0) is 4.74 Å². The average molecular weight is 276 g/mol. The predicted molar refractivity (Wildman–Crippen MR) is 60.8 cm³/mol. The van der Waals surface area contributed by atoms with Crippen molar-refractivity contribution in [3.8, 4) is 0 Å². The normalized spacial score (nSPS) is 12.5. The summed E-state index contributed by atoms with van der Waals surface area (Å²) < 4.78 is 5.53. The zero-order valence-electron chi connectivity index (χ0n) is 8.70. The third kappa shape index (κ3) is 4.55. The lowest BCUT2D eigenvalue weighted by Crippen LogP contribution is -2.24. The number of methoxy groups -OCH3 is 1. The molecule has 15 heavy (non-hydrogen) atoms. The fourth-order valence-corrected chi connectivity index (χ4v) is 1.57. The zero-order valence-corrected chi connectivity index (χ0v) is 10.3. The monoisotopic (exact) mass is 275 g/mol. The van der Waals surface area contributed by atoms with Gasteiger partial charge in [-0.15, -0.1) is 0 Å². The van der Waals surface area contributed by atoms with Crippen LogP contribution in [0.25, 0.3) is 0 Å². The molecule has 0 bridgehead atoms. The van der Waals surface area contributed by atoms with Crippen molar-refractivity contribution in [1.29, 1.82) is 0 Å². The molecule has 84 valence electrons. The van der Waals surface area contributed by atoms with E-state index in [1.165, 1.54) is 0 Å². The molecule has 1 aromatic heterocycles. The van der Waals surface area contributed by atoms with Gasteiger partial charge in [0, 0.05) is 19.7 Å². The van der Waals surface area contributed by atoms with Crippen molar-refractivity contribution in [3.63, 3.8) is 0 Å². The number of hydrogen-bond acceptors (Lipinski definition) is 5. The summed E-state index contributed by atoms with van der Waals surface area (Å²) in [4.78, 5) is 8.24. The highest BCUT2D eigenvalue weighted by Gasteiger charge is 2.04. The van der Waals surface area contributed by atoms with Crippen LogP contribution in [0.4, 0.5) is 5.82 Å². The van der Waals surface area contributed by atoms with Crippen LogP contribution >= 0.6 is 15.9 Å². The number of aliphatic hydroxyl groups is 1. The van der Waals surface area contributed by atoms with Gasteiger partial charge in [0.25, 0.3) is 0 Å². The first-order valence-electron chi connectivity index (χ1n) is 4.54. The fourth-order valence-electron chi connectivity index (χ4n) is 1.10. The van der Waals surface area contributed by atoms with Crippen LogP contribution in [0.2, 0.25) is 0 Å². The number of ether oxygens (including phenoxy) is 1. The molecule has 0 saturated carbocycles. The van der Waals surface area contributed by atoms with E-state index >= 15 is 0 Å². The molecule has 0 aliphatic heterocycles. The summed E-state index contributed by atoms with van der Waals surface area (Å²) in [6.07, 6.45) is -0.538. The molecule has 1 unspecified atom stereocenters. The number of aliphatic hydroxyl groups excluding tert-OH is 1. The minimum absolute atomic E-state index is 0.304. The fraction of sp³-hybridized carbons (Fsp3) is 0.556. The second-order valence-corrected chi connectivity index (χ2v) is 3.93. The minimum Gasteiger partial charge on any atom is -0.389 e. The Morgan fingerprint density at radius 1 is 1.60 bits per heavy atom. The van der Waals surface area contributed by atoms with Crippen molar-refractivity contribution in [2.45, 2.75) is 13.0 Å². The average Bonchev–Trinajstić information content (AvgIpc) is 2.14. The third-order valence-electron chi connectivity index (χ3n) is 1.68. The molecule has 0 radical (unpaired) electrons. The quantitative estimate of drug-likeness (QED) is 0.784. The van der Waals surface area contributed by atoms with Gasteiger partial charge in [-0.05, 0) is 22.9 Å². The molecule has 0 spiro atoms. The Morgan fingerprint density at radius 2 is 2.33 bits per heavy atom. The lowest BCUT2D eigenvalue weighted by Gasteiger charge is -2.11. The SMILES string of the molecule is COCC(O)CNc1cc(Br)nc(C)n1. The number of nitrogens with zero attached hydrogens (tertiary/aromatic N) is 2. The highest BCUT2D eigenvalue weighted by atomic mass is 79.9. The van der Waals surface area contributed by atoms with Crippen molar-refractivity contribution >= 4 is 21.7 Å². The predicted octanol–water partition coefficient (Wildman–Crippen LogP) is 0.967. The van der Waals surface area contributed by atoms with Crippen molar-refractivity contribution < 1.29 is 9.84 Å². The highest BCUT2D eigenvalue weighted by molar-refractivity contribution is 9.10. The molecule has 0 aromatic carbocycles. The summed E-state index contributed by atoms with van der Waals surface area (Å²) in [7, 11) is 1.55. The van der Waals surface area contributed by atoms with Gasteiger partial charge in [-0.2, -0.15) is 0 Å². The Balaban J connectivity index is 2.50. The minimum atomic E-state index is -0.538. The topological polar surface area (TPSA) is 67.3 Å². The van der Waals surface area contributed by atoms with Gasteiger partial charge in [0.15, 0.2) is 0 Å². The first-order valence-corrected chi connectivity index (χ1v) is 5.33. The molecule has 5 nitrogen and oxygen atoms in total. The smallest absolute Gasteiger partial charge is 0.130 e. The molecule has 0 saturated heterocycles. The van der Waals surface area contributed by atoms with E-state index in [0.29, 0.717) is 24.8 Å². The number of aryl methyl sites for hydroxylation is 1. The molecule has 0 aliphatic carbocycles. The molecule has 1 rings (SSSR count). The van der Waals surface area contributed by atoms with E-state index in [9.17, 15) is 5.11 Å². The lowest BCUT2D eigenvalue weighted by molar-refractivity contribution is 0.0727. The van der Waals surface area contributed by atoms with Crippen molar-refractivity contribution in [2.24, 2.45) is 0 Å². The molecular weight excluding hydrogens is 262 g/mol.